The lowest BCUT2D eigenvalue weighted by Gasteiger charge is -2.23. The second-order valence-electron chi connectivity index (χ2n) is 6.26. The Labute approximate surface area is 123 Å². The van der Waals surface area contributed by atoms with Gasteiger partial charge in [-0.1, -0.05) is 40.0 Å². The highest BCUT2D eigenvalue weighted by Crippen LogP contribution is 2.23. The number of nitrogens with one attached hydrogen (secondary N) is 1. The van der Waals surface area contributed by atoms with Gasteiger partial charge >= 0.3 is 0 Å². The summed E-state index contributed by atoms with van der Waals surface area (Å²) in [4.78, 5) is 14.5. The van der Waals surface area contributed by atoms with Crippen LogP contribution >= 0.6 is 0 Å². The molecule has 1 amide bonds. The monoisotopic (exact) mass is 282 g/mol. The van der Waals surface area contributed by atoms with Crippen molar-refractivity contribution in [1.29, 1.82) is 0 Å². The zero-order valence-electron chi connectivity index (χ0n) is 13.2. The topological polar surface area (TPSA) is 41.6 Å². The molecular weight excluding hydrogens is 252 g/mol. The molecule has 2 rings (SSSR count). The minimum atomic E-state index is -0.00331. The maximum atomic E-state index is 12.5. The molecule has 116 valence electrons. The Morgan fingerprint density at radius 1 is 1.35 bits per heavy atom. The van der Waals surface area contributed by atoms with Crippen molar-refractivity contribution >= 4 is 5.91 Å². The highest BCUT2D eigenvalue weighted by Gasteiger charge is 2.39. The van der Waals surface area contributed by atoms with Gasteiger partial charge in [0.25, 0.3) is 0 Å². The Hall–Kier alpha value is -0.610. The molecule has 1 aliphatic heterocycles. The van der Waals surface area contributed by atoms with E-state index >= 15 is 0 Å². The van der Waals surface area contributed by atoms with E-state index < -0.39 is 0 Å². The SMILES string of the molecule is CCC(C)C1NC(CC)N(CCOC2CCCC2)C1=O. The molecule has 3 unspecified atom stereocenters. The summed E-state index contributed by atoms with van der Waals surface area (Å²) < 4.78 is 5.91. The predicted octanol–water partition coefficient (Wildman–Crippen LogP) is 2.53. The van der Waals surface area contributed by atoms with Crippen molar-refractivity contribution in [3.05, 3.63) is 0 Å². The maximum Gasteiger partial charge on any atom is 0.241 e. The lowest BCUT2D eigenvalue weighted by Crippen LogP contribution is -2.39. The molecule has 0 aromatic heterocycles. The average molecular weight is 282 g/mol. The summed E-state index contributed by atoms with van der Waals surface area (Å²) in [5.74, 6) is 0.665. The van der Waals surface area contributed by atoms with Gasteiger partial charge in [-0.15, -0.1) is 0 Å². The quantitative estimate of drug-likeness (QED) is 0.780. The van der Waals surface area contributed by atoms with Crippen LogP contribution in [0.5, 0.6) is 0 Å². The first kappa shape index (κ1) is 15.8. The van der Waals surface area contributed by atoms with E-state index in [0.29, 0.717) is 18.6 Å². The molecular formula is C16H30N2O2. The van der Waals surface area contributed by atoms with Gasteiger partial charge in [0.1, 0.15) is 0 Å². The molecule has 1 N–H and O–H groups in total. The second kappa shape index (κ2) is 7.41. The standard InChI is InChI=1S/C16H30N2O2/c1-4-12(3)15-16(19)18(14(5-2)17-15)10-11-20-13-8-6-7-9-13/h12-15,17H,4-11H2,1-3H3. The molecule has 0 spiro atoms. The van der Waals surface area contributed by atoms with Crippen molar-refractivity contribution in [1.82, 2.24) is 10.2 Å². The molecule has 1 saturated heterocycles. The molecule has 4 heteroatoms. The van der Waals surface area contributed by atoms with Crippen LogP contribution in [0.3, 0.4) is 0 Å². The third kappa shape index (κ3) is 3.53. The van der Waals surface area contributed by atoms with E-state index in [4.69, 9.17) is 4.74 Å². The van der Waals surface area contributed by atoms with Crippen molar-refractivity contribution in [3.63, 3.8) is 0 Å². The molecule has 1 saturated carbocycles. The van der Waals surface area contributed by atoms with Crippen molar-refractivity contribution in [2.24, 2.45) is 5.92 Å². The largest absolute Gasteiger partial charge is 0.376 e. The summed E-state index contributed by atoms with van der Waals surface area (Å²) in [7, 11) is 0. The van der Waals surface area contributed by atoms with Gasteiger partial charge in [-0.05, 0) is 25.2 Å². The molecule has 4 nitrogen and oxygen atoms in total. The first-order valence-corrected chi connectivity index (χ1v) is 8.35. The Morgan fingerprint density at radius 3 is 2.65 bits per heavy atom. The van der Waals surface area contributed by atoms with Crippen molar-refractivity contribution in [2.45, 2.75) is 77.6 Å². The molecule has 20 heavy (non-hydrogen) atoms. The molecule has 0 aromatic carbocycles. The zero-order chi connectivity index (χ0) is 14.5. The number of amides is 1. The van der Waals surface area contributed by atoms with Crippen LogP contribution in [-0.2, 0) is 9.53 Å². The first-order valence-electron chi connectivity index (χ1n) is 8.35. The van der Waals surface area contributed by atoms with E-state index in [1.807, 2.05) is 4.90 Å². The van der Waals surface area contributed by atoms with Crippen LogP contribution in [0.2, 0.25) is 0 Å². The van der Waals surface area contributed by atoms with E-state index in [2.05, 4.69) is 26.1 Å². The smallest absolute Gasteiger partial charge is 0.241 e. The molecule has 1 aliphatic carbocycles. The average Bonchev–Trinajstić information content (AvgIpc) is 3.07. The van der Waals surface area contributed by atoms with Gasteiger partial charge in [0.15, 0.2) is 0 Å². The highest BCUT2D eigenvalue weighted by atomic mass is 16.5. The Kier molecular flexibility index (Phi) is 5.85. The van der Waals surface area contributed by atoms with Gasteiger partial charge in [-0.3, -0.25) is 10.1 Å². The molecule has 0 radical (unpaired) electrons. The van der Waals surface area contributed by atoms with Crippen LogP contribution in [0.15, 0.2) is 0 Å². The Balaban J connectivity index is 1.83. The van der Waals surface area contributed by atoms with E-state index in [1.165, 1.54) is 25.7 Å². The van der Waals surface area contributed by atoms with Crippen molar-refractivity contribution in [2.75, 3.05) is 13.2 Å². The Morgan fingerprint density at radius 2 is 2.05 bits per heavy atom. The number of hydrogen-bond donors (Lipinski definition) is 1. The summed E-state index contributed by atoms with van der Waals surface area (Å²) >= 11 is 0. The summed E-state index contributed by atoms with van der Waals surface area (Å²) in [6.45, 7) is 7.84. The van der Waals surface area contributed by atoms with Crippen LogP contribution in [0.4, 0.5) is 0 Å². The number of rotatable bonds is 7. The summed E-state index contributed by atoms with van der Waals surface area (Å²) in [6, 6.07) is -0.00331. The number of ether oxygens (including phenoxy) is 1. The molecule has 2 aliphatic rings. The number of carbonyl (C=O) groups is 1. The maximum absolute atomic E-state index is 12.5. The predicted molar refractivity (Wildman–Crippen MR) is 80.4 cm³/mol. The van der Waals surface area contributed by atoms with Crippen molar-refractivity contribution in [3.8, 4) is 0 Å². The van der Waals surface area contributed by atoms with Gasteiger partial charge in [-0.2, -0.15) is 0 Å². The van der Waals surface area contributed by atoms with Crippen molar-refractivity contribution < 1.29 is 9.53 Å². The number of hydrogen-bond acceptors (Lipinski definition) is 3. The molecule has 3 atom stereocenters. The number of nitrogens with zero attached hydrogens (tertiary/aromatic N) is 1. The normalized spacial score (nSPS) is 29.4. The fraction of sp³-hybridized carbons (Fsp3) is 0.938. The molecule has 2 fully saturated rings. The van der Waals surface area contributed by atoms with E-state index in [-0.39, 0.29) is 18.1 Å². The van der Waals surface area contributed by atoms with Crippen LogP contribution in [0.25, 0.3) is 0 Å². The lowest BCUT2D eigenvalue weighted by atomic mass is 9.99. The van der Waals surface area contributed by atoms with Gasteiger partial charge < -0.3 is 9.64 Å². The molecule has 0 aromatic rings. The minimum absolute atomic E-state index is 0.00331. The van der Waals surface area contributed by atoms with Crippen LogP contribution in [0.1, 0.15) is 59.3 Å². The third-order valence-corrected chi connectivity index (χ3v) is 4.88. The number of carbonyl (C=O) groups excluding carboxylic acids is 1. The zero-order valence-corrected chi connectivity index (χ0v) is 13.2. The van der Waals surface area contributed by atoms with Gasteiger partial charge in [-0.25, -0.2) is 0 Å². The summed E-state index contributed by atoms with van der Waals surface area (Å²) in [5.41, 5.74) is 0. The summed E-state index contributed by atoms with van der Waals surface area (Å²) in [5, 5.41) is 3.49. The van der Waals surface area contributed by atoms with E-state index in [0.717, 1.165) is 19.4 Å². The highest BCUT2D eigenvalue weighted by molar-refractivity contribution is 5.84. The fourth-order valence-electron chi connectivity index (χ4n) is 3.32. The first-order chi connectivity index (χ1) is 9.67. The van der Waals surface area contributed by atoms with Crippen LogP contribution in [0, 0.1) is 5.92 Å². The lowest BCUT2D eigenvalue weighted by molar-refractivity contribution is -0.131. The van der Waals surface area contributed by atoms with Gasteiger partial charge in [0, 0.05) is 6.54 Å². The molecule has 1 heterocycles. The molecule has 0 bridgehead atoms. The van der Waals surface area contributed by atoms with Crippen LogP contribution in [-0.4, -0.2) is 42.3 Å². The fourth-order valence-corrected chi connectivity index (χ4v) is 3.32. The van der Waals surface area contributed by atoms with E-state index in [1.54, 1.807) is 0 Å². The minimum Gasteiger partial charge on any atom is -0.376 e. The van der Waals surface area contributed by atoms with Gasteiger partial charge in [0.05, 0.1) is 24.9 Å². The Bertz CT molecular complexity index is 316. The van der Waals surface area contributed by atoms with Gasteiger partial charge in [0.2, 0.25) is 5.91 Å². The second-order valence-corrected chi connectivity index (χ2v) is 6.26. The third-order valence-electron chi connectivity index (χ3n) is 4.88. The van der Waals surface area contributed by atoms with E-state index in [9.17, 15) is 4.79 Å². The van der Waals surface area contributed by atoms with Crippen LogP contribution < -0.4 is 5.32 Å². The summed E-state index contributed by atoms with van der Waals surface area (Å²) in [6.07, 6.45) is 7.59.